The molecule has 0 saturated carbocycles. The highest BCUT2D eigenvalue weighted by molar-refractivity contribution is 8.14. The zero-order valence-corrected chi connectivity index (χ0v) is 21.6. The molecule has 10 heteroatoms. The van der Waals surface area contributed by atoms with Gasteiger partial charge in [0, 0.05) is 38.8 Å². The lowest BCUT2D eigenvalue weighted by Crippen LogP contribution is -2.42. The van der Waals surface area contributed by atoms with Crippen LogP contribution in [-0.4, -0.2) is 72.2 Å². The Bertz CT molecular complexity index is 1180. The Morgan fingerprint density at radius 2 is 1.78 bits per heavy atom. The fraction of sp³-hybridized carbons (Fsp3) is 0.370. The van der Waals surface area contributed by atoms with Crippen molar-refractivity contribution in [3.8, 4) is 0 Å². The van der Waals surface area contributed by atoms with Crippen LogP contribution < -0.4 is 10.6 Å². The number of benzene rings is 2. The smallest absolute Gasteiger partial charge is 0.259 e. The summed E-state index contributed by atoms with van der Waals surface area (Å²) in [6, 6.07) is 16.8. The molecule has 4 rings (SSSR count). The predicted molar refractivity (Wildman–Crippen MR) is 145 cm³/mol. The first-order valence-electron chi connectivity index (χ1n) is 12.4. The van der Waals surface area contributed by atoms with Crippen molar-refractivity contribution in [2.24, 2.45) is 9.98 Å². The maximum atomic E-state index is 13.3. The predicted octanol–water partition coefficient (Wildman–Crippen LogP) is 2.67. The summed E-state index contributed by atoms with van der Waals surface area (Å²) in [6.07, 6.45) is 1.97. The summed E-state index contributed by atoms with van der Waals surface area (Å²) in [5, 5.41) is 6.19. The molecule has 2 aromatic rings. The van der Waals surface area contributed by atoms with Gasteiger partial charge in [-0.2, -0.15) is 0 Å². The number of methoxy groups -OCH3 is 1. The van der Waals surface area contributed by atoms with Gasteiger partial charge < -0.3 is 15.4 Å². The minimum atomic E-state index is -0.672. The molecule has 0 aliphatic carbocycles. The lowest BCUT2D eigenvalue weighted by molar-refractivity contribution is -0.125. The van der Waals surface area contributed by atoms with Gasteiger partial charge in [0.15, 0.2) is 5.17 Å². The van der Waals surface area contributed by atoms with Gasteiger partial charge in [0.25, 0.3) is 5.91 Å². The van der Waals surface area contributed by atoms with Crippen LogP contribution in [0.4, 0.5) is 5.69 Å². The molecule has 194 valence electrons. The number of nitrogens with zero attached hydrogens (tertiary/aromatic N) is 3. The highest BCUT2D eigenvalue weighted by Crippen LogP contribution is 2.34. The average molecular weight is 522 g/mol. The highest BCUT2D eigenvalue weighted by atomic mass is 32.2. The number of para-hydroxylation sites is 1. The standard InChI is InChI=1S/C27H31N5O4S/c1-36-17-7-15-28-24(34)18-37-27-31-21-11-6-5-10-20(21)25-30-22(26(35)32(25)27)12-13-23(33)29-16-14-19-8-3-2-4-9-19/h2-6,8-11,22H,7,12-18H2,1H3,(H,28,34)(H,29,33)/t22-/m0/s1. The van der Waals surface area contributed by atoms with Crippen molar-refractivity contribution in [3.05, 3.63) is 65.7 Å². The van der Waals surface area contributed by atoms with Gasteiger partial charge in [-0.15, -0.1) is 0 Å². The molecule has 0 spiro atoms. The van der Waals surface area contributed by atoms with Crippen molar-refractivity contribution in [2.75, 3.05) is 32.6 Å². The van der Waals surface area contributed by atoms with Gasteiger partial charge in [0.2, 0.25) is 11.8 Å². The number of aliphatic imine (C=N–C) groups is 2. The van der Waals surface area contributed by atoms with Gasteiger partial charge >= 0.3 is 0 Å². The van der Waals surface area contributed by atoms with Crippen LogP contribution in [0, 0.1) is 0 Å². The number of amidine groups is 2. The summed E-state index contributed by atoms with van der Waals surface area (Å²) >= 11 is 1.20. The first kappa shape index (κ1) is 26.6. The summed E-state index contributed by atoms with van der Waals surface area (Å²) in [5.74, 6) is 0.167. The molecule has 0 saturated heterocycles. The largest absolute Gasteiger partial charge is 0.385 e. The van der Waals surface area contributed by atoms with Gasteiger partial charge in [-0.3, -0.25) is 19.4 Å². The van der Waals surface area contributed by atoms with E-state index in [4.69, 9.17) is 4.74 Å². The van der Waals surface area contributed by atoms with Crippen molar-refractivity contribution in [1.29, 1.82) is 0 Å². The van der Waals surface area contributed by atoms with Crippen LogP contribution in [0.15, 0.2) is 64.6 Å². The molecular formula is C27H31N5O4S. The van der Waals surface area contributed by atoms with Crippen molar-refractivity contribution < 1.29 is 19.1 Å². The van der Waals surface area contributed by atoms with E-state index in [1.165, 1.54) is 16.7 Å². The molecule has 9 nitrogen and oxygen atoms in total. The van der Waals surface area contributed by atoms with E-state index in [9.17, 15) is 14.4 Å². The average Bonchev–Trinajstić information content (AvgIpc) is 3.25. The summed E-state index contributed by atoms with van der Waals surface area (Å²) in [7, 11) is 1.62. The number of amides is 3. The molecule has 2 aliphatic rings. The minimum absolute atomic E-state index is 0.109. The van der Waals surface area contributed by atoms with E-state index in [0.717, 1.165) is 24.0 Å². The Morgan fingerprint density at radius 1 is 1.03 bits per heavy atom. The minimum Gasteiger partial charge on any atom is -0.385 e. The Labute approximate surface area is 220 Å². The van der Waals surface area contributed by atoms with Crippen LogP contribution in [0.3, 0.4) is 0 Å². The molecule has 2 aliphatic heterocycles. The van der Waals surface area contributed by atoms with Gasteiger partial charge in [-0.25, -0.2) is 9.89 Å². The first-order chi connectivity index (χ1) is 18.1. The Morgan fingerprint density at radius 3 is 2.59 bits per heavy atom. The third-order valence-electron chi connectivity index (χ3n) is 5.95. The number of carbonyl (C=O) groups is 3. The van der Waals surface area contributed by atoms with E-state index >= 15 is 0 Å². The van der Waals surface area contributed by atoms with Crippen molar-refractivity contribution in [2.45, 2.75) is 31.7 Å². The number of ether oxygens (including phenoxy) is 1. The van der Waals surface area contributed by atoms with Crippen LogP contribution in [0.1, 0.15) is 30.4 Å². The Kier molecular flexibility index (Phi) is 9.45. The maximum absolute atomic E-state index is 13.3. The fourth-order valence-corrected chi connectivity index (χ4v) is 4.89. The molecule has 0 bridgehead atoms. The van der Waals surface area contributed by atoms with Gasteiger partial charge in [0.05, 0.1) is 11.4 Å². The third kappa shape index (κ3) is 7.05. The van der Waals surface area contributed by atoms with Crippen LogP contribution in [-0.2, 0) is 25.5 Å². The summed E-state index contributed by atoms with van der Waals surface area (Å²) in [6.45, 7) is 1.63. The normalized spacial score (nSPS) is 16.0. The zero-order chi connectivity index (χ0) is 26.0. The van der Waals surface area contributed by atoms with Crippen molar-refractivity contribution in [3.63, 3.8) is 0 Å². The SMILES string of the molecule is COCCCNC(=O)CSC1=Nc2ccccc2C2=N[C@@H](CCC(=O)NCCc3ccccc3)C(=O)N12. The molecule has 2 aromatic carbocycles. The van der Waals surface area contributed by atoms with Crippen molar-refractivity contribution >= 4 is 46.2 Å². The number of thioether (sulfide) groups is 1. The van der Waals surface area contributed by atoms with Gasteiger partial charge in [-0.05, 0) is 37.0 Å². The number of hydrogen-bond acceptors (Lipinski definition) is 7. The van der Waals surface area contributed by atoms with Crippen LogP contribution in [0.25, 0.3) is 0 Å². The number of hydrogen-bond donors (Lipinski definition) is 2. The molecule has 2 heterocycles. The second kappa shape index (κ2) is 13.2. The summed E-state index contributed by atoms with van der Waals surface area (Å²) in [4.78, 5) is 48.8. The second-order valence-corrected chi connectivity index (χ2v) is 9.61. The molecule has 0 aromatic heterocycles. The topological polar surface area (TPSA) is 112 Å². The van der Waals surface area contributed by atoms with Gasteiger partial charge in [0.1, 0.15) is 11.9 Å². The second-order valence-electron chi connectivity index (χ2n) is 8.66. The molecular weight excluding hydrogens is 490 g/mol. The third-order valence-corrected chi connectivity index (χ3v) is 6.89. The number of fused-ring (bicyclic) bond motifs is 3. The zero-order valence-electron chi connectivity index (χ0n) is 20.8. The number of carbonyl (C=O) groups excluding carboxylic acids is 3. The molecule has 3 amide bonds. The van der Waals surface area contributed by atoms with E-state index < -0.39 is 6.04 Å². The first-order valence-corrected chi connectivity index (χ1v) is 13.3. The lowest BCUT2D eigenvalue weighted by atomic mass is 10.1. The fourth-order valence-electron chi connectivity index (χ4n) is 4.06. The highest BCUT2D eigenvalue weighted by Gasteiger charge is 2.41. The molecule has 0 unspecified atom stereocenters. The van der Waals surface area contributed by atoms with E-state index in [1.807, 2.05) is 54.6 Å². The number of nitrogens with one attached hydrogen (secondary N) is 2. The van der Waals surface area contributed by atoms with E-state index in [-0.39, 0.29) is 29.9 Å². The van der Waals surface area contributed by atoms with E-state index in [2.05, 4.69) is 20.6 Å². The Balaban J connectivity index is 1.35. The van der Waals surface area contributed by atoms with Gasteiger partial charge in [-0.1, -0.05) is 54.2 Å². The van der Waals surface area contributed by atoms with Crippen LogP contribution in [0.5, 0.6) is 0 Å². The van der Waals surface area contributed by atoms with Crippen LogP contribution in [0.2, 0.25) is 0 Å². The molecule has 0 radical (unpaired) electrons. The lowest BCUT2D eigenvalue weighted by Gasteiger charge is -2.25. The molecule has 1 atom stereocenters. The summed E-state index contributed by atoms with van der Waals surface area (Å²) in [5.41, 5.74) is 2.62. The van der Waals surface area contributed by atoms with Crippen molar-refractivity contribution in [1.82, 2.24) is 15.5 Å². The Hall–Kier alpha value is -3.50. The molecule has 2 N–H and O–H groups in total. The quantitative estimate of drug-likeness (QED) is 0.417. The number of rotatable bonds is 12. The monoisotopic (exact) mass is 521 g/mol. The maximum Gasteiger partial charge on any atom is 0.259 e. The van der Waals surface area contributed by atoms with E-state index in [0.29, 0.717) is 42.8 Å². The van der Waals surface area contributed by atoms with Crippen LogP contribution >= 0.6 is 11.8 Å². The molecule has 37 heavy (non-hydrogen) atoms. The molecule has 0 fully saturated rings. The van der Waals surface area contributed by atoms with E-state index in [1.54, 1.807) is 7.11 Å². The summed E-state index contributed by atoms with van der Waals surface area (Å²) < 4.78 is 5.00.